The third kappa shape index (κ3) is 3.72. The first-order valence-electron chi connectivity index (χ1n) is 8.77. The van der Waals surface area contributed by atoms with E-state index in [4.69, 9.17) is 0 Å². The zero-order valence-electron chi connectivity index (χ0n) is 14.1. The highest BCUT2D eigenvalue weighted by atomic mass is 16.1. The lowest BCUT2D eigenvalue weighted by Crippen LogP contribution is -2.41. The molecular weight excluding hydrogens is 312 g/mol. The predicted molar refractivity (Wildman–Crippen MR) is 101 cm³/mol. The van der Waals surface area contributed by atoms with E-state index in [9.17, 15) is 4.79 Å². The van der Waals surface area contributed by atoms with Gasteiger partial charge in [-0.05, 0) is 66.7 Å². The Balaban J connectivity index is 1.44. The molecule has 1 unspecified atom stereocenters. The van der Waals surface area contributed by atoms with Crippen LogP contribution in [0.3, 0.4) is 0 Å². The van der Waals surface area contributed by atoms with E-state index in [1.165, 1.54) is 18.4 Å². The molecule has 1 aliphatic rings. The Bertz CT molecular complexity index is 906. The number of benzene rings is 1. The summed E-state index contributed by atoms with van der Waals surface area (Å²) in [6.45, 7) is 3.12. The van der Waals surface area contributed by atoms with Crippen molar-refractivity contribution in [3.05, 3.63) is 70.9 Å². The van der Waals surface area contributed by atoms with Crippen LogP contribution in [-0.2, 0) is 6.54 Å². The van der Waals surface area contributed by atoms with E-state index >= 15 is 0 Å². The molecule has 1 fully saturated rings. The molecule has 2 aromatic heterocycles. The smallest absolute Gasteiger partial charge is 0.255 e. The number of hydrogen-bond acceptors (Lipinski definition) is 4. The topological polar surface area (TPSA) is 61.0 Å². The molecule has 1 aliphatic heterocycles. The first-order chi connectivity index (χ1) is 12.3. The molecule has 128 valence electrons. The van der Waals surface area contributed by atoms with Gasteiger partial charge in [-0.1, -0.05) is 0 Å². The fourth-order valence-corrected chi connectivity index (χ4v) is 3.58. The number of nitrogens with zero attached hydrogens (tertiary/aromatic N) is 2. The van der Waals surface area contributed by atoms with Crippen LogP contribution in [0, 0.1) is 0 Å². The molecule has 0 saturated carbocycles. The van der Waals surface area contributed by atoms with E-state index < -0.39 is 0 Å². The van der Waals surface area contributed by atoms with Crippen LogP contribution in [-0.4, -0.2) is 34.0 Å². The maximum Gasteiger partial charge on any atom is 0.255 e. The Kier molecular flexibility index (Phi) is 4.48. The average molecular weight is 334 g/mol. The number of aromatic amines is 1. The Hall–Kier alpha value is -2.66. The maximum absolute atomic E-state index is 11.8. The molecule has 5 heteroatoms. The van der Waals surface area contributed by atoms with Gasteiger partial charge in [0.05, 0.1) is 0 Å². The van der Waals surface area contributed by atoms with Gasteiger partial charge >= 0.3 is 0 Å². The lowest BCUT2D eigenvalue weighted by molar-refractivity contribution is 0.208. The second-order valence-corrected chi connectivity index (χ2v) is 6.68. The van der Waals surface area contributed by atoms with Gasteiger partial charge in [-0.15, -0.1) is 0 Å². The van der Waals surface area contributed by atoms with Crippen LogP contribution < -0.4 is 10.9 Å². The van der Waals surface area contributed by atoms with Crippen LogP contribution in [0.5, 0.6) is 0 Å². The summed E-state index contributed by atoms with van der Waals surface area (Å²) in [7, 11) is 0. The van der Waals surface area contributed by atoms with Crippen molar-refractivity contribution in [2.24, 2.45) is 0 Å². The minimum atomic E-state index is -0.0368. The third-order valence-electron chi connectivity index (χ3n) is 4.81. The molecule has 2 N–H and O–H groups in total. The van der Waals surface area contributed by atoms with E-state index in [0.29, 0.717) is 6.04 Å². The van der Waals surface area contributed by atoms with E-state index in [2.05, 4.69) is 38.4 Å². The summed E-state index contributed by atoms with van der Waals surface area (Å²) in [6, 6.07) is 12.5. The van der Waals surface area contributed by atoms with Crippen molar-refractivity contribution < 1.29 is 0 Å². The number of fused-ring (bicyclic) bond motifs is 1. The Morgan fingerprint density at radius 1 is 1.20 bits per heavy atom. The van der Waals surface area contributed by atoms with Crippen LogP contribution in [0.1, 0.15) is 18.4 Å². The second-order valence-electron chi connectivity index (χ2n) is 6.68. The van der Waals surface area contributed by atoms with Crippen molar-refractivity contribution in [1.82, 2.24) is 14.9 Å². The summed E-state index contributed by atoms with van der Waals surface area (Å²) in [5.41, 5.74) is 2.35. The average Bonchev–Trinajstić information content (AvgIpc) is 2.63. The number of H-pyrrole nitrogens is 1. The van der Waals surface area contributed by atoms with Gasteiger partial charge in [-0.2, -0.15) is 0 Å². The molecule has 5 nitrogen and oxygen atoms in total. The molecule has 0 bridgehead atoms. The van der Waals surface area contributed by atoms with Crippen molar-refractivity contribution in [3.63, 3.8) is 0 Å². The quantitative estimate of drug-likeness (QED) is 0.770. The standard InChI is InChI=1S/C20H22N4O/c25-20-19-4-3-17(12-16(19)7-10-22-20)23-18-2-1-11-24(14-18)13-15-5-8-21-9-6-15/h3-10,12,18,23H,1-2,11,13-14H2,(H,22,25). The molecule has 1 aromatic carbocycles. The Labute approximate surface area is 146 Å². The molecule has 3 heterocycles. The summed E-state index contributed by atoms with van der Waals surface area (Å²) < 4.78 is 0. The minimum absolute atomic E-state index is 0.0368. The molecule has 0 spiro atoms. The lowest BCUT2D eigenvalue weighted by Gasteiger charge is -2.33. The second kappa shape index (κ2) is 7.07. The number of anilines is 1. The molecule has 0 radical (unpaired) electrons. The van der Waals surface area contributed by atoms with E-state index in [-0.39, 0.29) is 5.56 Å². The van der Waals surface area contributed by atoms with E-state index in [1.54, 1.807) is 6.20 Å². The van der Waals surface area contributed by atoms with Gasteiger partial charge in [0.25, 0.3) is 5.56 Å². The molecule has 25 heavy (non-hydrogen) atoms. The zero-order chi connectivity index (χ0) is 17.1. The molecule has 3 aromatic rings. The van der Waals surface area contributed by atoms with E-state index in [0.717, 1.165) is 36.1 Å². The number of aromatic nitrogens is 2. The highest BCUT2D eigenvalue weighted by Crippen LogP contribution is 2.20. The van der Waals surface area contributed by atoms with Gasteiger partial charge in [-0.25, -0.2) is 0 Å². The normalized spacial score (nSPS) is 18.3. The van der Waals surface area contributed by atoms with Gasteiger partial charge in [0.1, 0.15) is 0 Å². The number of likely N-dealkylation sites (tertiary alicyclic amines) is 1. The first kappa shape index (κ1) is 15.8. The molecule has 1 atom stereocenters. The molecule has 0 aliphatic carbocycles. The van der Waals surface area contributed by atoms with Crippen molar-refractivity contribution in [2.45, 2.75) is 25.4 Å². The van der Waals surface area contributed by atoms with Crippen LogP contribution in [0.25, 0.3) is 10.8 Å². The summed E-state index contributed by atoms with van der Waals surface area (Å²) in [6.07, 6.45) is 7.76. The number of hydrogen-bond donors (Lipinski definition) is 2. The van der Waals surface area contributed by atoms with Gasteiger partial charge in [-0.3, -0.25) is 14.7 Å². The van der Waals surface area contributed by atoms with E-state index in [1.807, 2.05) is 30.6 Å². The number of rotatable bonds is 4. The van der Waals surface area contributed by atoms with Gasteiger partial charge in [0, 0.05) is 48.8 Å². The van der Waals surface area contributed by atoms with Crippen LogP contribution in [0.2, 0.25) is 0 Å². The minimum Gasteiger partial charge on any atom is -0.381 e. The molecular formula is C20H22N4O. The number of pyridine rings is 2. The van der Waals surface area contributed by atoms with Gasteiger partial charge in [0.2, 0.25) is 0 Å². The van der Waals surface area contributed by atoms with Crippen LogP contribution in [0.4, 0.5) is 5.69 Å². The summed E-state index contributed by atoms with van der Waals surface area (Å²) in [5.74, 6) is 0. The van der Waals surface area contributed by atoms with Crippen LogP contribution in [0.15, 0.2) is 59.8 Å². The third-order valence-corrected chi connectivity index (χ3v) is 4.81. The Morgan fingerprint density at radius 2 is 2.08 bits per heavy atom. The van der Waals surface area contributed by atoms with Crippen molar-refractivity contribution in [3.8, 4) is 0 Å². The zero-order valence-corrected chi connectivity index (χ0v) is 14.1. The molecule has 4 rings (SSSR count). The van der Waals surface area contributed by atoms with Crippen molar-refractivity contribution >= 4 is 16.5 Å². The maximum atomic E-state index is 11.8. The highest BCUT2D eigenvalue weighted by Gasteiger charge is 2.19. The summed E-state index contributed by atoms with van der Waals surface area (Å²) in [5, 5.41) is 5.34. The van der Waals surface area contributed by atoms with Crippen molar-refractivity contribution in [2.75, 3.05) is 18.4 Å². The predicted octanol–water partition coefficient (Wildman–Crippen LogP) is 3.00. The van der Waals surface area contributed by atoms with Crippen molar-refractivity contribution in [1.29, 1.82) is 0 Å². The lowest BCUT2D eigenvalue weighted by atomic mass is 10.0. The summed E-state index contributed by atoms with van der Waals surface area (Å²) >= 11 is 0. The fourth-order valence-electron chi connectivity index (χ4n) is 3.58. The highest BCUT2D eigenvalue weighted by molar-refractivity contribution is 5.84. The SMILES string of the molecule is O=c1[nH]ccc2cc(NC3CCCN(Cc4ccncc4)C3)ccc12. The monoisotopic (exact) mass is 334 g/mol. The molecule has 1 saturated heterocycles. The number of nitrogens with one attached hydrogen (secondary N) is 2. The largest absolute Gasteiger partial charge is 0.381 e. The van der Waals surface area contributed by atoms with Gasteiger partial charge < -0.3 is 10.3 Å². The summed E-state index contributed by atoms with van der Waals surface area (Å²) in [4.78, 5) is 21.1. The fraction of sp³-hybridized carbons (Fsp3) is 0.300. The van der Waals surface area contributed by atoms with Crippen LogP contribution >= 0.6 is 0 Å². The Morgan fingerprint density at radius 3 is 2.96 bits per heavy atom. The van der Waals surface area contributed by atoms with Gasteiger partial charge in [0.15, 0.2) is 0 Å². The first-order valence-corrected chi connectivity index (χ1v) is 8.77. The molecule has 0 amide bonds. The number of piperidine rings is 1.